The number of aliphatic hydroxyl groups excluding tert-OH is 1. The van der Waals surface area contributed by atoms with Crippen LogP contribution >= 0.6 is 0 Å². The minimum Gasteiger partial charge on any atom is -0.390 e. The maximum absolute atomic E-state index is 13.3. The molecule has 2 heterocycles. The van der Waals surface area contributed by atoms with Gasteiger partial charge in [-0.05, 0) is 55.7 Å². The van der Waals surface area contributed by atoms with E-state index in [1.807, 2.05) is 23.1 Å². The highest BCUT2D eigenvalue weighted by Crippen LogP contribution is 2.43. The number of aliphatic hydroxyl groups is 2. The lowest BCUT2D eigenvalue weighted by molar-refractivity contribution is -0.0571. The molecule has 2 saturated heterocycles. The van der Waals surface area contributed by atoms with E-state index in [0.717, 1.165) is 42.4 Å². The highest BCUT2D eigenvalue weighted by atomic mass is 16.5. The maximum atomic E-state index is 13.3. The van der Waals surface area contributed by atoms with Crippen LogP contribution < -0.4 is 5.73 Å². The van der Waals surface area contributed by atoms with Crippen LogP contribution in [0.15, 0.2) is 48.5 Å². The molecular formula is C29H41N3O4. The number of ether oxygens (including phenoxy) is 1. The smallest absolute Gasteiger partial charge is 0.320 e. The number of likely N-dealkylation sites (tertiary alicyclic amines) is 2. The molecule has 2 aliphatic heterocycles. The first kappa shape index (κ1) is 26.6. The second-order valence-corrected chi connectivity index (χ2v) is 10.5. The van der Waals surface area contributed by atoms with Crippen molar-refractivity contribution in [1.82, 2.24) is 9.80 Å². The Balaban J connectivity index is 1.63. The van der Waals surface area contributed by atoms with E-state index in [0.29, 0.717) is 32.7 Å². The molecule has 7 nitrogen and oxygen atoms in total. The number of hydrogen-bond acceptors (Lipinski definition) is 5. The van der Waals surface area contributed by atoms with Crippen molar-refractivity contribution in [2.24, 2.45) is 11.7 Å². The van der Waals surface area contributed by atoms with E-state index in [1.54, 1.807) is 12.0 Å². The number of carbonyl (C=O) groups excluding carboxylic acids is 1. The highest BCUT2D eigenvalue weighted by Gasteiger charge is 2.43. The zero-order valence-electron chi connectivity index (χ0n) is 21.6. The fourth-order valence-electron chi connectivity index (χ4n) is 5.75. The number of nitrogens with two attached hydrogens (primary N) is 1. The molecule has 0 aromatic heterocycles. The fourth-order valence-corrected chi connectivity index (χ4v) is 5.75. The van der Waals surface area contributed by atoms with Crippen molar-refractivity contribution in [2.75, 3.05) is 39.9 Å². The van der Waals surface area contributed by atoms with Crippen LogP contribution in [-0.4, -0.2) is 78.1 Å². The molecule has 4 rings (SSSR count). The van der Waals surface area contributed by atoms with Gasteiger partial charge in [-0.1, -0.05) is 54.1 Å². The standard InChI is InChI=1S/C29H41N3O4/c1-21-11-13-22(14-12-21)24-9-3-4-10-25(24)29(35,15-5-6-17-36-2)23-8-7-16-31(18-23)28(34)32-19-26(30)27(33)20-32/h3-4,9-14,23,26-27,33,35H,5-8,15-20,30H2,1-2H3. The molecule has 4 atom stereocenters. The summed E-state index contributed by atoms with van der Waals surface area (Å²) in [4.78, 5) is 16.8. The number of unbranched alkanes of at least 4 members (excludes halogenated alkanes) is 1. The van der Waals surface area contributed by atoms with Crippen LogP contribution in [0.25, 0.3) is 11.1 Å². The molecule has 196 valence electrons. The van der Waals surface area contributed by atoms with Gasteiger partial charge in [0.05, 0.1) is 11.7 Å². The van der Waals surface area contributed by atoms with Crippen molar-refractivity contribution < 1.29 is 19.7 Å². The van der Waals surface area contributed by atoms with E-state index in [4.69, 9.17) is 10.5 Å². The van der Waals surface area contributed by atoms with Gasteiger partial charge < -0.3 is 30.5 Å². The van der Waals surface area contributed by atoms with Gasteiger partial charge in [-0.15, -0.1) is 0 Å². The fraction of sp³-hybridized carbons (Fsp3) is 0.552. The van der Waals surface area contributed by atoms with Crippen molar-refractivity contribution in [3.63, 3.8) is 0 Å². The molecule has 0 spiro atoms. The molecule has 4 N–H and O–H groups in total. The monoisotopic (exact) mass is 495 g/mol. The van der Waals surface area contributed by atoms with Crippen LogP contribution in [0.2, 0.25) is 0 Å². The zero-order chi connectivity index (χ0) is 25.7. The molecule has 4 unspecified atom stereocenters. The van der Waals surface area contributed by atoms with E-state index in [2.05, 4.69) is 37.3 Å². The van der Waals surface area contributed by atoms with Crippen LogP contribution in [-0.2, 0) is 10.3 Å². The summed E-state index contributed by atoms with van der Waals surface area (Å²) >= 11 is 0. The Morgan fingerprint density at radius 2 is 1.83 bits per heavy atom. The molecule has 0 bridgehead atoms. The quantitative estimate of drug-likeness (QED) is 0.487. The molecule has 0 saturated carbocycles. The molecule has 2 aliphatic rings. The Kier molecular flexibility index (Phi) is 8.67. The third kappa shape index (κ3) is 5.75. The minimum absolute atomic E-state index is 0.0970. The number of carbonyl (C=O) groups is 1. The average molecular weight is 496 g/mol. The number of methoxy groups -OCH3 is 1. The van der Waals surface area contributed by atoms with Crippen LogP contribution in [0.5, 0.6) is 0 Å². The Hall–Kier alpha value is -2.45. The summed E-state index contributed by atoms with van der Waals surface area (Å²) in [7, 11) is 1.70. The number of amides is 2. The second-order valence-electron chi connectivity index (χ2n) is 10.5. The first-order valence-corrected chi connectivity index (χ1v) is 13.2. The molecule has 36 heavy (non-hydrogen) atoms. The van der Waals surface area contributed by atoms with Gasteiger partial charge in [-0.25, -0.2) is 4.79 Å². The number of β-amino-alcohol motifs (C(OH)–C–C–N with tert-alkyl or cyclic N) is 1. The van der Waals surface area contributed by atoms with Crippen molar-refractivity contribution in [1.29, 1.82) is 0 Å². The lowest BCUT2D eigenvalue weighted by Gasteiger charge is -2.44. The molecule has 2 amide bonds. The molecule has 7 heteroatoms. The van der Waals surface area contributed by atoms with Crippen LogP contribution in [0.4, 0.5) is 4.79 Å². The predicted molar refractivity (Wildman–Crippen MR) is 141 cm³/mol. The number of urea groups is 1. The number of piperidine rings is 1. The Morgan fingerprint density at radius 3 is 2.53 bits per heavy atom. The van der Waals surface area contributed by atoms with Gasteiger partial charge in [-0.2, -0.15) is 0 Å². The van der Waals surface area contributed by atoms with Gasteiger partial charge in [0, 0.05) is 51.9 Å². The van der Waals surface area contributed by atoms with E-state index < -0.39 is 17.7 Å². The van der Waals surface area contributed by atoms with Gasteiger partial charge in [-0.3, -0.25) is 0 Å². The lowest BCUT2D eigenvalue weighted by Crippen LogP contribution is -2.52. The summed E-state index contributed by atoms with van der Waals surface area (Å²) in [6.45, 7) is 4.47. The third-order valence-electron chi connectivity index (χ3n) is 7.88. The zero-order valence-corrected chi connectivity index (χ0v) is 21.6. The van der Waals surface area contributed by atoms with Crippen LogP contribution in [0.1, 0.15) is 43.2 Å². The van der Waals surface area contributed by atoms with Gasteiger partial charge in [0.2, 0.25) is 0 Å². The molecule has 0 radical (unpaired) electrons. The molecule has 2 aromatic carbocycles. The Bertz CT molecular complexity index is 1000. The number of benzene rings is 2. The molecular weight excluding hydrogens is 454 g/mol. The highest BCUT2D eigenvalue weighted by molar-refractivity contribution is 5.75. The van der Waals surface area contributed by atoms with Crippen molar-refractivity contribution in [2.45, 2.75) is 56.8 Å². The summed E-state index contributed by atoms with van der Waals surface area (Å²) in [5.41, 5.74) is 9.09. The third-order valence-corrected chi connectivity index (χ3v) is 7.88. The van der Waals surface area contributed by atoms with E-state index >= 15 is 0 Å². The largest absolute Gasteiger partial charge is 0.390 e. The second kappa shape index (κ2) is 11.7. The predicted octanol–water partition coefficient (Wildman–Crippen LogP) is 3.50. The Morgan fingerprint density at radius 1 is 1.08 bits per heavy atom. The summed E-state index contributed by atoms with van der Waals surface area (Å²) in [5.74, 6) is -0.106. The Labute approximate surface area is 214 Å². The van der Waals surface area contributed by atoms with Gasteiger partial charge in [0.1, 0.15) is 0 Å². The van der Waals surface area contributed by atoms with Crippen molar-refractivity contribution in [3.05, 3.63) is 59.7 Å². The average Bonchev–Trinajstić information content (AvgIpc) is 3.24. The SMILES string of the molecule is COCCCCC(O)(c1ccccc1-c1ccc(C)cc1)C1CCCN(C(=O)N2CC(N)C(O)C2)C1. The van der Waals surface area contributed by atoms with Gasteiger partial charge >= 0.3 is 6.03 Å². The summed E-state index contributed by atoms with van der Waals surface area (Å²) in [6, 6.07) is 16.0. The molecule has 0 aliphatic carbocycles. The maximum Gasteiger partial charge on any atom is 0.320 e. The normalized spacial score (nSPS) is 24.1. The summed E-state index contributed by atoms with van der Waals surface area (Å²) in [5, 5.41) is 22.6. The van der Waals surface area contributed by atoms with Crippen LogP contribution in [0.3, 0.4) is 0 Å². The molecule has 2 aromatic rings. The van der Waals surface area contributed by atoms with Crippen molar-refractivity contribution >= 4 is 6.03 Å². The lowest BCUT2D eigenvalue weighted by atomic mass is 9.72. The molecule has 2 fully saturated rings. The minimum atomic E-state index is -1.09. The van der Waals surface area contributed by atoms with E-state index in [1.165, 1.54) is 5.56 Å². The first-order valence-electron chi connectivity index (χ1n) is 13.2. The topological polar surface area (TPSA) is 99.3 Å². The number of rotatable bonds is 8. The number of hydrogen-bond donors (Lipinski definition) is 3. The van der Waals surface area contributed by atoms with Crippen LogP contribution in [0, 0.1) is 12.8 Å². The van der Waals surface area contributed by atoms with E-state index in [-0.39, 0.29) is 18.5 Å². The summed E-state index contributed by atoms with van der Waals surface area (Å²) < 4.78 is 5.26. The van der Waals surface area contributed by atoms with Gasteiger partial charge in [0.15, 0.2) is 0 Å². The summed E-state index contributed by atoms with van der Waals surface area (Å²) in [6.07, 6.45) is 3.27. The number of aryl methyl sites for hydroxylation is 1. The number of nitrogens with zero attached hydrogens (tertiary/aromatic N) is 2. The van der Waals surface area contributed by atoms with Crippen molar-refractivity contribution in [3.8, 4) is 11.1 Å². The first-order chi connectivity index (χ1) is 17.3. The van der Waals surface area contributed by atoms with Gasteiger partial charge in [0.25, 0.3) is 0 Å². The van der Waals surface area contributed by atoms with E-state index in [9.17, 15) is 15.0 Å².